The van der Waals surface area contributed by atoms with Gasteiger partial charge in [-0.25, -0.2) is 0 Å². The second-order valence-corrected chi connectivity index (χ2v) is 6.27. The van der Waals surface area contributed by atoms with Crippen LogP contribution in [0.1, 0.15) is 79.1 Å². The lowest BCUT2D eigenvalue weighted by Gasteiger charge is -2.26. The van der Waals surface area contributed by atoms with Crippen molar-refractivity contribution in [2.45, 2.75) is 79.1 Å². The summed E-state index contributed by atoms with van der Waals surface area (Å²) in [7, 11) is 0. The molecule has 0 saturated heterocycles. The molecule has 0 fully saturated rings. The Labute approximate surface area is 121 Å². The van der Waals surface area contributed by atoms with E-state index < -0.39 is 0 Å². The number of nitrogens with zero attached hydrogens (tertiary/aromatic N) is 1. The molecule has 0 radical (unpaired) electrons. The second kappa shape index (κ2) is 12.3. The lowest BCUT2D eigenvalue weighted by atomic mass is 9.97. The van der Waals surface area contributed by atoms with Crippen molar-refractivity contribution in [1.82, 2.24) is 4.31 Å². The molecule has 2 unspecified atom stereocenters. The van der Waals surface area contributed by atoms with E-state index >= 15 is 0 Å². The third-order valence-corrected chi connectivity index (χ3v) is 4.35. The zero-order valence-electron chi connectivity index (χ0n) is 13.1. The molecule has 0 aromatic carbocycles. The summed E-state index contributed by atoms with van der Waals surface area (Å²) in [5.74, 6) is 1.68. The molecule has 0 bridgehead atoms. The third kappa shape index (κ3) is 9.27. The van der Waals surface area contributed by atoms with Gasteiger partial charge < -0.3 is 0 Å². The topological polar surface area (TPSA) is 3.24 Å². The summed E-state index contributed by atoms with van der Waals surface area (Å²) in [5.41, 5.74) is 0. The highest BCUT2D eigenvalue weighted by molar-refractivity contribution is 7.77. The van der Waals surface area contributed by atoms with Crippen LogP contribution in [-0.2, 0) is 0 Å². The molecule has 0 amide bonds. The predicted molar refractivity (Wildman–Crippen MR) is 87.2 cm³/mol. The molecule has 0 rings (SSSR count). The van der Waals surface area contributed by atoms with E-state index in [1.807, 2.05) is 0 Å². The van der Waals surface area contributed by atoms with Gasteiger partial charge in [-0.05, 0) is 24.7 Å². The van der Waals surface area contributed by atoms with Crippen molar-refractivity contribution in [3.05, 3.63) is 0 Å². The van der Waals surface area contributed by atoms with Crippen molar-refractivity contribution in [1.29, 1.82) is 0 Å². The second-order valence-electron chi connectivity index (χ2n) is 5.70. The summed E-state index contributed by atoms with van der Waals surface area (Å²) < 4.78 is 2.29. The lowest BCUT2D eigenvalue weighted by Crippen LogP contribution is -2.26. The molecule has 0 aliphatic carbocycles. The van der Waals surface area contributed by atoms with Crippen LogP contribution < -0.4 is 0 Å². The predicted octanol–water partition coefficient (Wildman–Crippen LogP) is 5.57. The zero-order chi connectivity index (χ0) is 13.8. The van der Waals surface area contributed by atoms with Gasteiger partial charge in [0.1, 0.15) is 0 Å². The Balaban J connectivity index is 3.92. The maximum absolute atomic E-state index is 4.69. The minimum Gasteiger partial charge on any atom is -0.253 e. The fraction of sp³-hybridized carbons (Fsp3) is 1.00. The van der Waals surface area contributed by atoms with Crippen LogP contribution in [0.25, 0.3) is 0 Å². The molecule has 2 heteroatoms. The number of rotatable bonds is 12. The van der Waals surface area contributed by atoms with Crippen LogP contribution in [0.5, 0.6) is 0 Å². The maximum Gasteiger partial charge on any atom is 0.0115 e. The third-order valence-electron chi connectivity index (χ3n) is 4.02. The van der Waals surface area contributed by atoms with Crippen molar-refractivity contribution in [2.75, 3.05) is 13.1 Å². The number of thiol groups is 1. The molecule has 1 nitrogen and oxygen atoms in total. The van der Waals surface area contributed by atoms with E-state index in [4.69, 9.17) is 12.8 Å². The van der Waals surface area contributed by atoms with Crippen molar-refractivity contribution in [3.63, 3.8) is 0 Å². The molecule has 0 saturated carbocycles. The lowest BCUT2D eigenvalue weighted by molar-refractivity contribution is 0.290. The highest BCUT2D eigenvalue weighted by Crippen LogP contribution is 2.19. The Kier molecular flexibility index (Phi) is 12.6. The van der Waals surface area contributed by atoms with Gasteiger partial charge in [0.25, 0.3) is 0 Å². The van der Waals surface area contributed by atoms with Crippen LogP contribution in [0.2, 0.25) is 0 Å². The summed E-state index contributed by atoms with van der Waals surface area (Å²) in [6, 6.07) is 0. The monoisotopic (exact) mass is 273 g/mol. The van der Waals surface area contributed by atoms with E-state index in [0.717, 1.165) is 11.8 Å². The SMILES string of the molecule is CCCCC(CC)CN(S)CC(CC)CCCC. The first-order valence-corrected chi connectivity index (χ1v) is 8.51. The van der Waals surface area contributed by atoms with Gasteiger partial charge in [0.15, 0.2) is 0 Å². The van der Waals surface area contributed by atoms with Crippen molar-refractivity contribution in [2.24, 2.45) is 11.8 Å². The molecular formula is C16H35NS. The molecule has 18 heavy (non-hydrogen) atoms. The maximum atomic E-state index is 4.69. The van der Waals surface area contributed by atoms with Gasteiger partial charge in [-0.1, -0.05) is 79.0 Å². The minimum atomic E-state index is 0.839. The first kappa shape index (κ1) is 18.3. The zero-order valence-corrected chi connectivity index (χ0v) is 14.0. The summed E-state index contributed by atoms with van der Waals surface area (Å²) >= 11 is 4.69. The van der Waals surface area contributed by atoms with E-state index in [-0.39, 0.29) is 0 Å². The largest absolute Gasteiger partial charge is 0.253 e. The first-order chi connectivity index (χ1) is 8.67. The summed E-state index contributed by atoms with van der Waals surface area (Å²) in [4.78, 5) is 0. The highest BCUT2D eigenvalue weighted by Gasteiger charge is 2.14. The van der Waals surface area contributed by atoms with Crippen LogP contribution in [0.15, 0.2) is 0 Å². The Morgan fingerprint density at radius 3 is 1.44 bits per heavy atom. The van der Waals surface area contributed by atoms with Crippen LogP contribution in [0, 0.1) is 11.8 Å². The van der Waals surface area contributed by atoms with E-state index in [9.17, 15) is 0 Å². The molecular weight excluding hydrogens is 238 g/mol. The van der Waals surface area contributed by atoms with Gasteiger partial charge in [-0.3, -0.25) is 4.31 Å². The molecule has 0 aliphatic rings. The van der Waals surface area contributed by atoms with Gasteiger partial charge >= 0.3 is 0 Å². The fourth-order valence-electron chi connectivity index (χ4n) is 2.51. The Bertz CT molecular complexity index is 154. The summed E-state index contributed by atoms with van der Waals surface area (Å²) in [6.07, 6.45) is 10.7. The Hall–Kier alpha value is 0.310. The molecule has 0 aromatic heterocycles. The van der Waals surface area contributed by atoms with E-state index in [1.165, 1.54) is 64.5 Å². The molecule has 0 aromatic rings. The molecule has 0 heterocycles. The van der Waals surface area contributed by atoms with E-state index in [1.54, 1.807) is 0 Å². The highest BCUT2D eigenvalue weighted by atomic mass is 32.1. The number of unbranched alkanes of at least 4 members (excludes halogenated alkanes) is 2. The minimum absolute atomic E-state index is 0.839. The average molecular weight is 274 g/mol. The normalized spacial score (nSPS) is 15.0. The van der Waals surface area contributed by atoms with Gasteiger partial charge in [-0.2, -0.15) is 0 Å². The smallest absolute Gasteiger partial charge is 0.0115 e. The number of hydrogen-bond donors (Lipinski definition) is 1. The van der Waals surface area contributed by atoms with Gasteiger partial charge in [0, 0.05) is 13.1 Å². The van der Waals surface area contributed by atoms with Crippen molar-refractivity contribution < 1.29 is 0 Å². The van der Waals surface area contributed by atoms with Crippen LogP contribution >= 0.6 is 12.8 Å². The van der Waals surface area contributed by atoms with Gasteiger partial charge in [0.2, 0.25) is 0 Å². The fourth-order valence-corrected chi connectivity index (χ4v) is 2.97. The van der Waals surface area contributed by atoms with Crippen LogP contribution in [0.4, 0.5) is 0 Å². The summed E-state index contributed by atoms with van der Waals surface area (Å²) in [6.45, 7) is 11.5. The molecule has 0 spiro atoms. The Morgan fingerprint density at radius 1 is 0.778 bits per heavy atom. The van der Waals surface area contributed by atoms with Crippen molar-refractivity contribution in [3.8, 4) is 0 Å². The van der Waals surface area contributed by atoms with Gasteiger partial charge in [0.05, 0.1) is 0 Å². The van der Waals surface area contributed by atoms with Gasteiger partial charge in [-0.15, -0.1) is 0 Å². The van der Waals surface area contributed by atoms with Crippen molar-refractivity contribution >= 4 is 12.8 Å². The average Bonchev–Trinajstić information content (AvgIpc) is 2.39. The Morgan fingerprint density at radius 2 is 1.17 bits per heavy atom. The van der Waals surface area contributed by atoms with Crippen LogP contribution in [0.3, 0.4) is 0 Å². The molecule has 2 atom stereocenters. The first-order valence-electron chi connectivity index (χ1n) is 8.11. The quantitative estimate of drug-likeness (QED) is 0.455. The van der Waals surface area contributed by atoms with E-state index in [0.29, 0.717) is 0 Å². The summed E-state index contributed by atoms with van der Waals surface area (Å²) in [5, 5.41) is 0. The van der Waals surface area contributed by atoms with E-state index in [2.05, 4.69) is 32.0 Å². The standard InChI is InChI=1S/C16H35NS/c1-5-9-11-15(7-3)13-17(18)14-16(8-4)12-10-6-2/h15-16,18H,5-14H2,1-4H3. The number of hydrogen-bond acceptors (Lipinski definition) is 2. The molecule has 0 N–H and O–H groups in total. The van der Waals surface area contributed by atoms with Crippen LogP contribution in [-0.4, -0.2) is 17.4 Å². The molecule has 0 aliphatic heterocycles. The molecule has 110 valence electrons.